The molecular formula is C26H33N5O4S. The number of hydrogen-bond acceptors (Lipinski definition) is 6. The molecule has 2 N–H and O–H groups in total. The summed E-state index contributed by atoms with van der Waals surface area (Å²) in [5, 5.41) is 4.35. The van der Waals surface area contributed by atoms with Crippen LogP contribution in [-0.2, 0) is 21.7 Å². The molecule has 4 heterocycles. The highest BCUT2D eigenvalue weighted by Gasteiger charge is 2.26. The summed E-state index contributed by atoms with van der Waals surface area (Å²) < 4.78 is 26.2. The van der Waals surface area contributed by atoms with Gasteiger partial charge < -0.3 is 19.8 Å². The van der Waals surface area contributed by atoms with E-state index in [0.717, 1.165) is 48.1 Å². The topological polar surface area (TPSA) is 108 Å². The largest absolute Gasteiger partial charge is 0.382 e. The Bertz CT molecular complexity index is 1440. The number of sulfone groups is 1. The third kappa shape index (κ3) is 4.92. The highest BCUT2D eigenvalue weighted by molar-refractivity contribution is 7.90. The van der Waals surface area contributed by atoms with Crippen LogP contribution in [0.25, 0.3) is 22.0 Å². The number of carbonyl (C=O) groups is 1. The van der Waals surface area contributed by atoms with Crippen molar-refractivity contribution in [1.82, 2.24) is 19.4 Å². The number of rotatable bonds is 6. The summed E-state index contributed by atoms with van der Waals surface area (Å²) >= 11 is 0. The summed E-state index contributed by atoms with van der Waals surface area (Å²) in [4.78, 5) is 32.7. The lowest BCUT2D eigenvalue weighted by molar-refractivity contribution is -0.133. The van der Waals surface area contributed by atoms with Gasteiger partial charge in [-0.15, -0.1) is 0 Å². The fourth-order valence-corrected chi connectivity index (χ4v) is 5.96. The zero-order chi connectivity index (χ0) is 25.4. The van der Waals surface area contributed by atoms with Crippen LogP contribution in [0.15, 0.2) is 46.3 Å². The first-order chi connectivity index (χ1) is 17.2. The molecule has 2 aliphatic heterocycles. The van der Waals surface area contributed by atoms with Crippen molar-refractivity contribution in [2.24, 2.45) is 7.05 Å². The molecule has 5 rings (SSSR count). The van der Waals surface area contributed by atoms with E-state index in [0.29, 0.717) is 25.2 Å². The number of amides is 1. The summed E-state index contributed by atoms with van der Waals surface area (Å²) in [5.41, 5.74) is 2.66. The molecule has 1 aromatic carbocycles. The van der Waals surface area contributed by atoms with E-state index < -0.39 is 9.84 Å². The monoisotopic (exact) mass is 511 g/mol. The second-order valence-corrected chi connectivity index (χ2v) is 12.0. The van der Waals surface area contributed by atoms with Gasteiger partial charge in [-0.25, -0.2) is 8.42 Å². The lowest BCUT2D eigenvalue weighted by atomic mass is 9.99. The SMILES string of the molecule is Cn1cc(-c2cc(S(C)(=O)=O)ccc2NC2CCN(C(=O)CN3CCCC3)CC2)c2cc[nH]c2c1=O. The minimum Gasteiger partial charge on any atom is -0.382 e. The van der Waals surface area contributed by atoms with Gasteiger partial charge in [0.05, 0.1) is 11.4 Å². The highest BCUT2D eigenvalue weighted by Crippen LogP contribution is 2.35. The van der Waals surface area contributed by atoms with E-state index in [1.54, 1.807) is 37.6 Å². The first-order valence-corrected chi connectivity index (χ1v) is 14.4. The van der Waals surface area contributed by atoms with Crippen LogP contribution in [0.3, 0.4) is 0 Å². The van der Waals surface area contributed by atoms with E-state index in [9.17, 15) is 18.0 Å². The average Bonchev–Trinajstić information content (AvgIpc) is 3.54. The number of aryl methyl sites for hydroxylation is 1. The summed E-state index contributed by atoms with van der Waals surface area (Å²) in [7, 11) is -1.73. The molecule has 10 heteroatoms. The number of likely N-dealkylation sites (tertiary alicyclic amines) is 2. The number of fused-ring (bicyclic) bond motifs is 1. The quantitative estimate of drug-likeness (QED) is 0.526. The van der Waals surface area contributed by atoms with Crippen molar-refractivity contribution in [1.29, 1.82) is 0 Å². The molecule has 0 aliphatic carbocycles. The van der Waals surface area contributed by atoms with E-state index >= 15 is 0 Å². The molecule has 2 aliphatic rings. The minimum atomic E-state index is -3.42. The molecule has 0 saturated carbocycles. The standard InChI is InChI=1S/C26H33N5O4S/c1-29-16-22(20-7-10-27-25(20)26(29)33)21-15-19(36(2,34)35)5-6-23(21)28-18-8-13-31(14-9-18)24(32)17-30-11-3-4-12-30/h5-7,10,15-16,18,27-28H,3-4,8-9,11-14,17H2,1-2H3. The van der Waals surface area contributed by atoms with E-state index in [4.69, 9.17) is 0 Å². The number of nitrogens with one attached hydrogen (secondary N) is 2. The second-order valence-electron chi connectivity index (χ2n) is 9.99. The van der Waals surface area contributed by atoms with Gasteiger partial charge in [0.2, 0.25) is 5.91 Å². The Kier molecular flexibility index (Phi) is 6.65. The van der Waals surface area contributed by atoms with Gasteiger partial charge >= 0.3 is 0 Å². The number of carbonyl (C=O) groups excluding carboxylic acids is 1. The van der Waals surface area contributed by atoms with E-state index in [1.807, 2.05) is 11.0 Å². The number of pyridine rings is 1. The predicted molar refractivity (Wildman–Crippen MR) is 141 cm³/mol. The van der Waals surface area contributed by atoms with Crippen molar-refractivity contribution in [3.63, 3.8) is 0 Å². The predicted octanol–water partition coefficient (Wildman–Crippen LogP) is 2.44. The Morgan fingerprint density at radius 2 is 1.81 bits per heavy atom. The number of aromatic nitrogens is 2. The number of nitrogens with zero attached hydrogens (tertiary/aromatic N) is 3. The molecule has 0 radical (unpaired) electrons. The van der Waals surface area contributed by atoms with Gasteiger partial charge in [-0.3, -0.25) is 14.5 Å². The third-order valence-electron chi connectivity index (χ3n) is 7.37. The van der Waals surface area contributed by atoms with Gasteiger partial charge in [0.1, 0.15) is 5.52 Å². The Labute approximate surface area is 211 Å². The van der Waals surface area contributed by atoms with Crippen LogP contribution < -0.4 is 10.9 Å². The average molecular weight is 512 g/mol. The molecule has 192 valence electrons. The number of H-pyrrole nitrogens is 1. The smallest absolute Gasteiger partial charge is 0.274 e. The van der Waals surface area contributed by atoms with Crippen molar-refractivity contribution in [3.05, 3.63) is 47.0 Å². The zero-order valence-corrected chi connectivity index (χ0v) is 21.6. The van der Waals surface area contributed by atoms with Crippen molar-refractivity contribution >= 4 is 32.3 Å². The van der Waals surface area contributed by atoms with Crippen LogP contribution in [0.5, 0.6) is 0 Å². The molecular weight excluding hydrogens is 478 g/mol. The first kappa shape index (κ1) is 24.6. The number of aromatic amines is 1. The molecule has 0 unspecified atom stereocenters. The van der Waals surface area contributed by atoms with Crippen molar-refractivity contribution in [2.75, 3.05) is 44.3 Å². The molecule has 2 aromatic heterocycles. The van der Waals surface area contributed by atoms with Gasteiger partial charge in [-0.2, -0.15) is 0 Å². The van der Waals surface area contributed by atoms with Crippen LogP contribution in [0, 0.1) is 0 Å². The first-order valence-electron chi connectivity index (χ1n) is 12.5. The fraction of sp³-hybridized carbons (Fsp3) is 0.462. The van der Waals surface area contributed by atoms with Gasteiger partial charge in [-0.1, -0.05) is 0 Å². The Balaban J connectivity index is 1.40. The Morgan fingerprint density at radius 3 is 2.50 bits per heavy atom. The third-order valence-corrected chi connectivity index (χ3v) is 8.48. The number of benzene rings is 1. The summed E-state index contributed by atoms with van der Waals surface area (Å²) in [5.74, 6) is 0.202. The summed E-state index contributed by atoms with van der Waals surface area (Å²) in [6.45, 7) is 3.92. The number of anilines is 1. The molecule has 2 saturated heterocycles. The maximum Gasteiger partial charge on any atom is 0.274 e. The molecule has 2 fully saturated rings. The van der Waals surface area contributed by atoms with E-state index in [-0.39, 0.29) is 22.4 Å². The highest BCUT2D eigenvalue weighted by atomic mass is 32.2. The summed E-state index contributed by atoms with van der Waals surface area (Å²) in [6, 6.07) is 7.09. The normalized spacial score (nSPS) is 17.7. The number of hydrogen-bond donors (Lipinski definition) is 2. The van der Waals surface area contributed by atoms with Crippen LogP contribution in [0.4, 0.5) is 5.69 Å². The molecule has 0 atom stereocenters. The second kappa shape index (κ2) is 9.74. The van der Waals surface area contributed by atoms with E-state index in [1.165, 1.54) is 23.7 Å². The fourth-order valence-electron chi connectivity index (χ4n) is 5.31. The maximum atomic E-state index is 12.7. The van der Waals surface area contributed by atoms with Gasteiger partial charge in [-0.05, 0) is 63.0 Å². The maximum absolute atomic E-state index is 12.7. The summed E-state index contributed by atoms with van der Waals surface area (Å²) in [6.07, 6.45) is 8.63. The molecule has 0 bridgehead atoms. The van der Waals surface area contributed by atoms with Crippen LogP contribution >= 0.6 is 0 Å². The molecule has 36 heavy (non-hydrogen) atoms. The van der Waals surface area contributed by atoms with Gasteiger partial charge in [0.15, 0.2) is 9.84 Å². The lowest BCUT2D eigenvalue weighted by Crippen LogP contribution is -2.46. The van der Waals surface area contributed by atoms with Crippen LogP contribution in [0.1, 0.15) is 25.7 Å². The van der Waals surface area contributed by atoms with Crippen molar-refractivity contribution < 1.29 is 13.2 Å². The molecule has 0 spiro atoms. The molecule has 3 aromatic rings. The zero-order valence-electron chi connectivity index (χ0n) is 20.8. The number of piperidine rings is 1. The van der Waals surface area contributed by atoms with Crippen LogP contribution in [0.2, 0.25) is 0 Å². The Hall–Kier alpha value is -3.11. The molecule has 1 amide bonds. The Morgan fingerprint density at radius 1 is 1.08 bits per heavy atom. The van der Waals surface area contributed by atoms with Gasteiger partial charge in [0, 0.05) is 67.0 Å². The van der Waals surface area contributed by atoms with Crippen LogP contribution in [-0.4, -0.2) is 78.7 Å². The van der Waals surface area contributed by atoms with Gasteiger partial charge in [0.25, 0.3) is 5.56 Å². The molecule has 9 nitrogen and oxygen atoms in total. The minimum absolute atomic E-state index is 0.140. The lowest BCUT2D eigenvalue weighted by Gasteiger charge is -2.34. The van der Waals surface area contributed by atoms with Crippen molar-refractivity contribution in [3.8, 4) is 11.1 Å². The van der Waals surface area contributed by atoms with E-state index in [2.05, 4.69) is 15.2 Å². The van der Waals surface area contributed by atoms with Crippen molar-refractivity contribution in [2.45, 2.75) is 36.6 Å².